The van der Waals surface area contributed by atoms with Crippen LogP contribution >= 0.6 is 35.3 Å². The lowest BCUT2D eigenvalue weighted by molar-refractivity contribution is 0.0303. The molecule has 0 aliphatic carbocycles. The highest BCUT2D eigenvalue weighted by Gasteiger charge is 2.21. The van der Waals surface area contributed by atoms with E-state index in [9.17, 15) is 9.59 Å². The van der Waals surface area contributed by atoms with E-state index in [4.69, 9.17) is 22.1 Å². The molecule has 0 atom stereocenters. The lowest BCUT2D eigenvalue weighted by atomic mass is 10.1. The van der Waals surface area contributed by atoms with Crippen molar-refractivity contribution >= 4 is 52.8 Å². The molecule has 2 aromatic rings. The summed E-state index contributed by atoms with van der Waals surface area (Å²) in [5.74, 6) is -0.488. The smallest absolute Gasteiger partial charge is 0.275 e. The zero-order valence-electron chi connectivity index (χ0n) is 13.7. The predicted molar refractivity (Wildman–Crippen MR) is 103 cm³/mol. The number of hydrogen-bond donors (Lipinski definition) is 2. The van der Waals surface area contributed by atoms with Gasteiger partial charge in [0.15, 0.2) is 0 Å². The first-order valence-corrected chi connectivity index (χ1v) is 8.96. The Hall–Kier alpha value is -1.71. The number of halogens is 2. The van der Waals surface area contributed by atoms with Crippen molar-refractivity contribution in [2.45, 2.75) is 6.54 Å². The number of amides is 2. The molecule has 1 saturated heterocycles. The Labute approximate surface area is 165 Å². The van der Waals surface area contributed by atoms with Gasteiger partial charge in [-0.1, -0.05) is 11.6 Å². The molecule has 3 N–H and O–H groups in total. The number of nitrogens with two attached hydrogens (primary N) is 1. The van der Waals surface area contributed by atoms with Gasteiger partial charge in [0.2, 0.25) is 0 Å². The molecule has 1 aromatic heterocycles. The quantitative estimate of drug-likeness (QED) is 0.796. The molecular weight excluding hydrogens is 399 g/mol. The Morgan fingerprint density at radius 2 is 2.08 bits per heavy atom. The molecular formula is C16H18Cl2N4O3S. The number of benzene rings is 1. The van der Waals surface area contributed by atoms with E-state index in [1.165, 1.54) is 11.3 Å². The Morgan fingerprint density at radius 3 is 2.69 bits per heavy atom. The second kappa shape index (κ2) is 9.29. The summed E-state index contributed by atoms with van der Waals surface area (Å²) in [6, 6.07) is 4.82. The molecule has 1 aliphatic heterocycles. The summed E-state index contributed by atoms with van der Waals surface area (Å²) in [6.45, 7) is 2.43. The van der Waals surface area contributed by atoms with Crippen LogP contribution in [0.4, 0.5) is 5.69 Å². The maximum Gasteiger partial charge on any atom is 0.275 e. The van der Waals surface area contributed by atoms with E-state index < -0.39 is 0 Å². The van der Waals surface area contributed by atoms with Gasteiger partial charge in [-0.3, -0.25) is 9.59 Å². The number of carbonyl (C=O) groups is 2. The molecule has 26 heavy (non-hydrogen) atoms. The number of morpholine rings is 1. The average Bonchev–Trinajstić information content (AvgIpc) is 3.11. The molecule has 0 saturated carbocycles. The van der Waals surface area contributed by atoms with Gasteiger partial charge in [0.05, 0.1) is 23.8 Å². The fraction of sp³-hybridized carbons (Fsp3) is 0.312. The number of ether oxygens (including phenoxy) is 1. The number of aromatic nitrogens is 1. The molecule has 1 aromatic carbocycles. The highest BCUT2D eigenvalue weighted by molar-refractivity contribution is 7.09. The van der Waals surface area contributed by atoms with E-state index in [1.54, 1.807) is 28.5 Å². The average molecular weight is 417 g/mol. The Bertz CT molecular complexity index is 794. The summed E-state index contributed by atoms with van der Waals surface area (Å²) in [5.41, 5.74) is 6.70. The largest absolute Gasteiger partial charge is 0.378 e. The summed E-state index contributed by atoms with van der Waals surface area (Å²) >= 11 is 7.57. The maximum atomic E-state index is 12.5. The molecule has 140 valence electrons. The van der Waals surface area contributed by atoms with Crippen molar-refractivity contribution < 1.29 is 14.3 Å². The summed E-state index contributed by atoms with van der Waals surface area (Å²) in [6.07, 6.45) is 0. The van der Waals surface area contributed by atoms with Gasteiger partial charge in [0.25, 0.3) is 11.8 Å². The van der Waals surface area contributed by atoms with Gasteiger partial charge in [-0.15, -0.1) is 23.7 Å². The molecule has 1 fully saturated rings. The van der Waals surface area contributed by atoms with E-state index in [0.717, 1.165) is 0 Å². The fourth-order valence-electron chi connectivity index (χ4n) is 2.41. The van der Waals surface area contributed by atoms with Crippen LogP contribution in [0.15, 0.2) is 23.6 Å². The minimum atomic E-state index is -0.348. The third-order valence-corrected chi connectivity index (χ3v) is 4.90. The SMILES string of the molecule is Cl.NCc1nc(C(=O)Nc2ccc(C(=O)N3CCOCC3)c(Cl)c2)cs1. The predicted octanol–water partition coefficient (Wildman–Crippen LogP) is 2.40. The summed E-state index contributed by atoms with van der Waals surface area (Å²) in [7, 11) is 0. The second-order valence-corrected chi connectivity index (χ2v) is 6.73. The third-order valence-electron chi connectivity index (χ3n) is 3.71. The lowest BCUT2D eigenvalue weighted by Gasteiger charge is -2.27. The van der Waals surface area contributed by atoms with Gasteiger partial charge < -0.3 is 20.7 Å². The number of carbonyl (C=O) groups excluding carboxylic acids is 2. The van der Waals surface area contributed by atoms with Crippen LogP contribution in [0.5, 0.6) is 0 Å². The standard InChI is InChI=1S/C16H17ClN4O3S.ClH/c17-12-7-10(19-15(22)13-9-25-14(8-18)20-13)1-2-11(12)16(23)21-3-5-24-6-4-21;/h1-2,7,9H,3-6,8,18H2,(H,19,22);1H. The molecule has 1 aliphatic rings. The first-order chi connectivity index (χ1) is 12.1. The van der Waals surface area contributed by atoms with Crippen molar-refractivity contribution in [2.75, 3.05) is 31.6 Å². The van der Waals surface area contributed by atoms with Gasteiger partial charge >= 0.3 is 0 Å². The molecule has 2 amide bonds. The molecule has 2 heterocycles. The van der Waals surface area contributed by atoms with Crippen LogP contribution in [0.1, 0.15) is 25.9 Å². The monoisotopic (exact) mass is 416 g/mol. The van der Waals surface area contributed by atoms with Gasteiger partial charge in [0.1, 0.15) is 10.7 Å². The Balaban J connectivity index is 0.00000243. The van der Waals surface area contributed by atoms with Crippen molar-refractivity contribution in [1.29, 1.82) is 0 Å². The number of nitrogens with zero attached hydrogens (tertiary/aromatic N) is 2. The Morgan fingerprint density at radius 1 is 1.35 bits per heavy atom. The van der Waals surface area contributed by atoms with E-state index >= 15 is 0 Å². The van der Waals surface area contributed by atoms with E-state index in [0.29, 0.717) is 54.8 Å². The first kappa shape index (κ1) is 20.6. The fourth-order valence-corrected chi connectivity index (χ4v) is 3.32. The van der Waals surface area contributed by atoms with Gasteiger partial charge in [-0.25, -0.2) is 4.98 Å². The lowest BCUT2D eigenvalue weighted by Crippen LogP contribution is -2.40. The van der Waals surface area contributed by atoms with Crippen LogP contribution in [0.3, 0.4) is 0 Å². The molecule has 0 bridgehead atoms. The van der Waals surface area contributed by atoms with Crippen LogP contribution in [-0.4, -0.2) is 48.0 Å². The van der Waals surface area contributed by atoms with Crippen LogP contribution in [0, 0.1) is 0 Å². The maximum absolute atomic E-state index is 12.5. The topological polar surface area (TPSA) is 97.5 Å². The van der Waals surface area contributed by atoms with Crippen molar-refractivity contribution in [3.8, 4) is 0 Å². The summed E-state index contributed by atoms with van der Waals surface area (Å²) < 4.78 is 5.24. The third kappa shape index (κ3) is 4.72. The van der Waals surface area contributed by atoms with Gasteiger partial charge in [0, 0.05) is 30.7 Å². The van der Waals surface area contributed by atoms with Crippen LogP contribution in [0.25, 0.3) is 0 Å². The van der Waals surface area contributed by atoms with Crippen LogP contribution in [0.2, 0.25) is 5.02 Å². The van der Waals surface area contributed by atoms with Gasteiger partial charge in [-0.05, 0) is 18.2 Å². The number of hydrogen-bond acceptors (Lipinski definition) is 6. The molecule has 0 unspecified atom stereocenters. The van der Waals surface area contributed by atoms with Crippen molar-refractivity contribution in [1.82, 2.24) is 9.88 Å². The summed E-state index contributed by atoms with van der Waals surface area (Å²) in [5, 5.41) is 5.34. The second-order valence-electron chi connectivity index (χ2n) is 5.38. The molecule has 10 heteroatoms. The number of anilines is 1. The minimum absolute atomic E-state index is 0. The molecule has 0 radical (unpaired) electrons. The highest BCUT2D eigenvalue weighted by Crippen LogP contribution is 2.23. The number of thiazole rings is 1. The van der Waals surface area contributed by atoms with Crippen molar-refractivity contribution in [2.24, 2.45) is 5.73 Å². The van der Waals surface area contributed by atoms with Crippen LogP contribution < -0.4 is 11.1 Å². The van der Waals surface area contributed by atoms with E-state index in [-0.39, 0.29) is 29.2 Å². The molecule has 3 rings (SSSR count). The van der Waals surface area contributed by atoms with Gasteiger partial charge in [-0.2, -0.15) is 0 Å². The normalized spacial score (nSPS) is 13.8. The van der Waals surface area contributed by atoms with Crippen LogP contribution in [-0.2, 0) is 11.3 Å². The first-order valence-electron chi connectivity index (χ1n) is 7.71. The number of rotatable bonds is 4. The van der Waals surface area contributed by atoms with E-state index in [1.807, 2.05) is 0 Å². The van der Waals surface area contributed by atoms with E-state index in [2.05, 4.69) is 10.3 Å². The zero-order chi connectivity index (χ0) is 17.8. The minimum Gasteiger partial charge on any atom is -0.378 e. The number of nitrogens with one attached hydrogen (secondary N) is 1. The zero-order valence-corrected chi connectivity index (χ0v) is 16.1. The molecule has 0 spiro atoms. The Kier molecular flexibility index (Phi) is 7.36. The highest BCUT2D eigenvalue weighted by atomic mass is 35.5. The van der Waals surface area contributed by atoms with Crippen molar-refractivity contribution in [3.05, 3.63) is 44.9 Å². The molecule has 7 nitrogen and oxygen atoms in total. The van der Waals surface area contributed by atoms with Crippen molar-refractivity contribution in [3.63, 3.8) is 0 Å². The summed E-state index contributed by atoms with van der Waals surface area (Å²) in [4.78, 5) is 30.5.